The lowest BCUT2D eigenvalue weighted by Gasteiger charge is -2.59. The van der Waals surface area contributed by atoms with Gasteiger partial charge in [0, 0.05) is 16.6 Å². The molecule has 1 fully saturated rings. The van der Waals surface area contributed by atoms with E-state index in [4.69, 9.17) is 0 Å². The third kappa shape index (κ3) is 4.56. The Bertz CT molecular complexity index is 1460. The highest BCUT2D eigenvalue weighted by Gasteiger charge is 2.63. The van der Waals surface area contributed by atoms with Crippen LogP contribution in [0.4, 0.5) is 0 Å². The van der Waals surface area contributed by atoms with E-state index in [0.717, 1.165) is 59.4 Å². The predicted molar refractivity (Wildman–Crippen MR) is 172 cm³/mol. The first-order valence-corrected chi connectivity index (χ1v) is 16.4. The Balaban J connectivity index is 1.63. The van der Waals surface area contributed by atoms with E-state index in [1.54, 1.807) is 0 Å². The molecule has 3 heteroatoms. The van der Waals surface area contributed by atoms with Gasteiger partial charge in [0.05, 0.1) is 11.0 Å². The average Bonchev–Trinajstić information content (AvgIpc) is 2.87. The maximum absolute atomic E-state index is 14.9. The topological polar surface area (TPSA) is 51.2 Å². The summed E-state index contributed by atoms with van der Waals surface area (Å²) in [5, 5.41) is 0. The van der Waals surface area contributed by atoms with E-state index in [1.807, 2.05) is 20.8 Å². The molecule has 3 nitrogen and oxygen atoms in total. The number of hydrogen-bond donors (Lipinski definition) is 0. The summed E-state index contributed by atoms with van der Waals surface area (Å²) in [6.07, 6.45) is 10.8. The van der Waals surface area contributed by atoms with Crippen molar-refractivity contribution in [3.8, 4) is 0 Å². The summed E-state index contributed by atoms with van der Waals surface area (Å²) >= 11 is 0. The zero-order chi connectivity index (χ0) is 30.9. The van der Waals surface area contributed by atoms with Crippen LogP contribution in [0.15, 0.2) is 40.5 Å². The number of carbonyl (C=O) groups is 3. The predicted octanol–water partition coefficient (Wildman–Crippen LogP) is 9.54. The summed E-state index contributed by atoms with van der Waals surface area (Å²) in [7, 11) is 0. The van der Waals surface area contributed by atoms with Crippen LogP contribution < -0.4 is 0 Å². The molecule has 0 aromatic heterocycles. The van der Waals surface area contributed by atoms with Crippen LogP contribution in [0.25, 0.3) is 0 Å². The van der Waals surface area contributed by atoms with Crippen LogP contribution in [-0.4, -0.2) is 17.3 Å². The zero-order valence-corrected chi connectivity index (χ0v) is 27.7. The molecule has 4 aliphatic carbocycles. The van der Waals surface area contributed by atoms with Gasteiger partial charge >= 0.3 is 0 Å². The molecule has 0 saturated heterocycles. The molecule has 1 aromatic rings. The SMILES string of the molecule is C=C(Cc1cc(C(C)C)c2c(c1C)C(=O)C1=C(C)C3(C)C(=O)C(C(C)=O)=C(C)CC3(C)CC1(C)C2)CC1CCCCC1. The minimum Gasteiger partial charge on any atom is -0.294 e. The number of carbonyl (C=O) groups excluding carboxylic acids is 3. The first-order valence-electron chi connectivity index (χ1n) is 16.4. The first kappa shape index (κ1) is 30.9. The van der Waals surface area contributed by atoms with Crippen molar-refractivity contribution in [3.05, 3.63) is 68.3 Å². The Kier molecular flexibility index (Phi) is 7.77. The summed E-state index contributed by atoms with van der Waals surface area (Å²) in [6.45, 7) is 23.1. The molecule has 0 N–H and O–H groups in total. The van der Waals surface area contributed by atoms with Gasteiger partial charge < -0.3 is 0 Å². The van der Waals surface area contributed by atoms with Crippen molar-refractivity contribution in [3.63, 3.8) is 0 Å². The van der Waals surface area contributed by atoms with Crippen LogP contribution in [-0.2, 0) is 22.4 Å². The molecule has 0 amide bonds. The Morgan fingerprint density at radius 1 is 1.02 bits per heavy atom. The van der Waals surface area contributed by atoms with Gasteiger partial charge in [-0.1, -0.05) is 89.2 Å². The quantitative estimate of drug-likeness (QED) is 0.254. The van der Waals surface area contributed by atoms with Crippen LogP contribution in [0, 0.1) is 29.1 Å². The number of Topliss-reactive ketones (excluding diaryl/α,β-unsaturated/α-hetero) is 3. The van der Waals surface area contributed by atoms with Crippen molar-refractivity contribution >= 4 is 17.3 Å². The van der Waals surface area contributed by atoms with Crippen LogP contribution in [0.2, 0.25) is 0 Å². The van der Waals surface area contributed by atoms with E-state index in [0.29, 0.717) is 17.9 Å². The van der Waals surface area contributed by atoms with Gasteiger partial charge in [0.25, 0.3) is 0 Å². The van der Waals surface area contributed by atoms with E-state index in [1.165, 1.54) is 61.3 Å². The number of rotatable bonds is 6. The lowest BCUT2D eigenvalue weighted by Crippen LogP contribution is -2.57. The fourth-order valence-corrected chi connectivity index (χ4v) is 9.91. The average molecular weight is 569 g/mol. The molecule has 0 heterocycles. The molecule has 5 rings (SSSR count). The van der Waals surface area contributed by atoms with Gasteiger partial charge in [-0.05, 0) is 106 Å². The number of hydrogen-bond acceptors (Lipinski definition) is 3. The minimum absolute atomic E-state index is 0.0979. The highest BCUT2D eigenvalue weighted by molar-refractivity contribution is 6.24. The first-order chi connectivity index (χ1) is 19.6. The van der Waals surface area contributed by atoms with E-state index in [2.05, 4.69) is 47.3 Å². The number of benzene rings is 1. The van der Waals surface area contributed by atoms with E-state index >= 15 is 0 Å². The van der Waals surface area contributed by atoms with Gasteiger partial charge in [-0.3, -0.25) is 14.4 Å². The Labute approximate surface area is 254 Å². The summed E-state index contributed by atoms with van der Waals surface area (Å²) in [6, 6.07) is 2.38. The van der Waals surface area contributed by atoms with Crippen LogP contribution in [0.1, 0.15) is 145 Å². The van der Waals surface area contributed by atoms with Crippen LogP contribution in [0.5, 0.6) is 0 Å². The molecule has 0 spiro atoms. The largest absolute Gasteiger partial charge is 0.294 e. The maximum Gasteiger partial charge on any atom is 0.190 e. The van der Waals surface area contributed by atoms with Crippen molar-refractivity contribution in [1.29, 1.82) is 0 Å². The smallest absolute Gasteiger partial charge is 0.190 e. The molecular weight excluding hydrogens is 516 g/mol. The third-order valence-electron chi connectivity index (χ3n) is 12.1. The summed E-state index contributed by atoms with van der Waals surface area (Å²) in [4.78, 5) is 41.7. The normalized spacial score (nSPS) is 30.0. The number of fused-ring (bicyclic) bond motifs is 3. The van der Waals surface area contributed by atoms with Crippen molar-refractivity contribution in [2.24, 2.45) is 22.2 Å². The fourth-order valence-electron chi connectivity index (χ4n) is 9.91. The van der Waals surface area contributed by atoms with Crippen molar-refractivity contribution in [2.75, 3.05) is 0 Å². The lowest BCUT2D eigenvalue weighted by molar-refractivity contribution is -0.134. The van der Waals surface area contributed by atoms with E-state index in [-0.39, 0.29) is 28.2 Å². The monoisotopic (exact) mass is 568 g/mol. The molecule has 0 bridgehead atoms. The molecule has 1 saturated carbocycles. The standard InChI is InChI=1S/C39H52O3/c1-22(2)30-18-29(17-23(3)16-28-14-12-11-13-15-28)25(5)33-31(30)20-37(8)21-38(9)19-24(4)32(27(7)40)36(42)39(38,10)26(6)34(37)35(33)41/h18,22,28H,3,11-17,19-21H2,1-2,4-10H3. The number of ketones is 3. The molecule has 3 atom stereocenters. The highest BCUT2D eigenvalue weighted by atomic mass is 16.2. The van der Waals surface area contributed by atoms with Gasteiger partial charge in [-0.2, -0.15) is 0 Å². The third-order valence-corrected chi connectivity index (χ3v) is 12.1. The molecule has 4 aliphatic rings. The van der Waals surface area contributed by atoms with Gasteiger partial charge in [0.2, 0.25) is 0 Å². The molecular formula is C39H52O3. The van der Waals surface area contributed by atoms with Gasteiger partial charge in [0.15, 0.2) is 17.3 Å². The van der Waals surface area contributed by atoms with Gasteiger partial charge in [-0.15, -0.1) is 0 Å². The molecule has 3 unspecified atom stereocenters. The second-order valence-corrected chi connectivity index (χ2v) is 15.5. The molecule has 226 valence electrons. The van der Waals surface area contributed by atoms with E-state index < -0.39 is 5.41 Å². The summed E-state index contributed by atoms with van der Waals surface area (Å²) in [5.74, 6) is 0.882. The lowest BCUT2D eigenvalue weighted by atomic mass is 9.42. The van der Waals surface area contributed by atoms with E-state index in [9.17, 15) is 14.4 Å². The number of allylic oxidation sites excluding steroid dienone is 5. The molecule has 0 radical (unpaired) electrons. The van der Waals surface area contributed by atoms with Crippen molar-refractivity contribution in [1.82, 2.24) is 0 Å². The molecule has 42 heavy (non-hydrogen) atoms. The second-order valence-electron chi connectivity index (χ2n) is 15.5. The Hall–Kier alpha value is -2.55. The molecule has 1 aromatic carbocycles. The molecule has 0 aliphatic heterocycles. The summed E-state index contributed by atoms with van der Waals surface area (Å²) < 4.78 is 0. The zero-order valence-electron chi connectivity index (χ0n) is 27.7. The maximum atomic E-state index is 14.9. The fraction of sp³-hybridized carbons (Fsp3) is 0.615. The van der Waals surface area contributed by atoms with Gasteiger partial charge in [-0.25, -0.2) is 0 Å². The van der Waals surface area contributed by atoms with Crippen LogP contribution in [0.3, 0.4) is 0 Å². The van der Waals surface area contributed by atoms with Crippen molar-refractivity contribution in [2.45, 2.75) is 132 Å². The summed E-state index contributed by atoms with van der Waals surface area (Å²) in [5.41, 5.74) is 8.28. The Morgan fingerprint density at radius 2 is 1.67 bits per heavy atom. The van der Waals surface area contributed by atoms with Gasteiger partial charge in [0.1, 0.15) is 0 Å². The van der Waals surface area contributed by atoms with Crippen LogP contribution >= 0.6 is 0 Å². The minimum atomic E-state index is -0.879. The van der Waals surface area contributed by atoms with Crippen molar-refractivity contribution < 1.29 is 14.4 Å². The highest BCUT2D eigenvalue weighted by Crippen LogP contribution is 2.66. The second kappa shape index (κ2) is 10.6. The Morgan fingerprint density at radius 3 is 2.26 bits per heavy atom.